The number of nitrogens with two attached hydrogens (primary N) is 1. The van der Waals surface area contributed by atoms with Crippen molar-refractivity contribution >= 4 is 61.3 Å². The number of nitrogens with zero attached hydrogens (tertiary/aromatic N) is 6. The highest BCUT2D eigenvalue weighted by molar-refractivity contribution is 9.10. The number of piperidine rings is 1. The van der Waals surface area contributed by atoms with Crippen LogP contribution in [0.5, 0.6) is 0 Å². The number of likely N-dealkylation sites (tertiary alicyclic amines) is 1. The third-order valence-electron chi connectivity index (χ3n) is 8.40. The average Bonchev–Trinajstić information content (AvgIpc) is 3.35. The predicted octanol–water partition coefficient (Wildman–Crippen LogP) is 4.71. The van der Waals surface area contributed by atoms with E-state index in [9.17, 15) is 9.59 Å². The summed E-state index contributed by atoms with van der Waals surface area (Å²) in [6.07, 6.45) is 4.67. The number of halogens is 1. The lowest BCUT2D eigenvalue weighted by atomic mass is 10.0. The molecule has 1 aliphatic heterocycles. The van der Waals surface area contributed by atoms with E-state index in [0.717, 1.165) is 34.1 Å². The van der Waals surface area contributed by atoms with E-state index in [2.05, 4.69) is 54.2 Å². The molecule has 10 nitrogen and oxygen atoms in total. The van der Waals surface area contributed by atoms with Gasteiger partial charge in [0, 0.05) is 23.2 Å². The van der Waals surface area contributed by atoms with Crippen LogP contribution >= 0.6 is 15.9 Å². The summed E-state index contributed by atoms with van der Waals surface area (Å²) in [5.74, 6) is 0.417. The van der Waals surface area contributed by atoms with E-state index in [-0.39, 0.29) is 29.8 Å². The molecule has 1 aliphatic carbocycles. The van der Waals surface area contributed by atoms with Gasteiger partial charge in [0.1, 0.15) is 40.8 Å². The van der Waals surface area contributed by atoms with E-state index in [0.29, 0.717) is 33.7 Å². The minimum atomic E-state index is -0.586. The van der Waals surface area contributed by atoms with E-state index >= 15 is 0 Å². The molecule has 7 rings (SSSR count). The number of anilines is 2. The van der Waals surface area contributed by atoms with Gasteiger partial charge in [-0.2, -0.15) is 0 Å². The van der Waals surface area contributed by atoms with Crippen LogP contribution < -0.4 is 11.1 Å². The second kappa shape index (κ2) is 9.34. The highest BCUT2D eigenvalue weighted by Gasteiger charge is 2.64. The molecule has 1 saturated heterocycles. The van der Waals surface area contributed by atoms with Crippen LogP contribution in [0.25, 0.3) is 33.2 Å². The lowest BCUT2D eigenvalue weighted by molar-refractivity contribution is -0.138. The lowest BCUT2D eigenvalue weighted by Crippen LogP contribution is -2.46. The molecule has 0 bridgehead atoms. The van der Waals surface area contributed by atoms with Crippen molar-refractivity contribution < 1.29 is 9.59 Å². The first-order valence-corrected chi connectivity index (χ1v) is 14.2. The van der Waals surface area contributed by atoms with Gasteiger partial charge in [-0.15, -0.1) is 0 Å². The van der Waals surface area contributed by atoms with Gasteiger partial charge in [0.2, 0.25) is 11.8 Å². The summed E-state index contributed by atoms with van der Waals surface area (Å²) < 4.78 is 2.53. The topological polar surface area (TPSA) is 132 Å². The molecule has 3 atom stereocenters. The first kappa shape index (κ1) is 25.6. The average molecular weight is 612 g/mol. The zero-order valence-corrected chi connectivity index (χ0v) is 24.1. The number of nitrogen functional groups attached to an aromatic ring is 1. The first-order valence-electron chi connectivity index (χ1n) is 13.4. The van der Waals surface area contributed by atoms with Crippen molar-refractivity contribution in [3.8, 4) is 11.3 Å². The van der Waals surface area contributed by atoms with Crippen molar-refractivity contribution in [1.29, 1.82) is 0 Å². The number of fused-ring (bicyclic) bond motifs is 4. The number of amides is 2. The van der Waals surface area contributed by atoms with Gasteiger partial charge in [0.05, 0.1) is 16.6 Å². The van der Waals surface area contributed by atoms with E-state index in [1.54, 1.807) is 29.3 Å². The first-order chi connectivity index (χ1) is 19.7. The number of hydrogen-bond acceptors (Lipinski definition) is 7. The molecule has 0 radical (unpaired) electrons. The lowest BCUT2D eigenvalue weighted by Gasteiger charge is -2.27. The Hall–Kier alpha value is -4.38. The van der Waals surface area contributed by atoms with Gasteiger partial charge in [0.25, 0.3) is 0 Å². The predicted molar refractivity (Wildman–Crippen MR) is 160 cm³/mol. The summed E-state index contributed by atoms with van der Waals surface area (Å²) in [6.45, 7) is 4.17. The quantitative estimate of drug-likeness (QED) is 0.275. The normalized spacial score (nSPS) is 21.3. The molecule has 0 unspecified atom stereocenters. The van der Waals surface area contributed by atoms with Crippen molar-refractivity contribution in [3.63, 3.8) is 0 Å². The summed E-state index contributed by atoms with van der Waals surface area (Å²) in [4.78, 5) is 47.0. The Morgan fingerprint density at radius 2 is 1.98 bits per heavy atom. The van der Waals surface area contributed by atoms with Gasteiger partial charge in [-0.25, -0.2) is 15.0 Å². The third kappa shape index (κ3) is 4.22. The third-order valence-corrected chi connectivity index (χ3v) is 8.84. The smallest absolute Gasteiger partial charge is 0.248 e. The summed E-state index contributed by atoms with van der Waals surface area (Å²) in [7, 11) is 0. The van der Waals surface area contributed by atoms with Crippen LogP contribution in [0, 0.1) is 12.3 Å². The second-order valence-corrected chi connectivity index (χ2v) is 12.0. The standard InChI is InChI=1S/C30H27BrN8O2/c1-16-10-17(19-6-3-4-9-33-19)11-18-25-27(32)34-15-35-28(25)38(26(16)18)14-24(40)39-20(12-30(2)13-21(30)39)29(41)37-23-8-5-7-22(31)36-23/h3-11,15,20-21H,12-14H2,1-2H3,(H2,32,34,35)(H,36,37,41)/t20-,21+,30-/m0/s1. The van der Waals surface area contributed by atoms with Crippen molar-refractivity contribution in [3.05, 3.63) is 71.2 Å². The molecular formula is C30H27BrN8O2. The van der Waals surface area contributed by atoms with Crippen LogP contribution in [0.3, 0.4) is 0 Å². The van der Waals surface area contributed by atoms with Gasteiger partial charge in [-0.05, 0) is 83.1 Å². The number of aromatic nitrogens is 5. The fourth-order valence-electron chi connectivity index (χ4n) is 6.39. The van der Waals surface area contributed by atoms with E-state index < -0.39 is 6.04 Å². The van der Waals surface area contributed by atoms with Gasteiger partial charge in [-0.3, -0.25) is 14.6 Å². The molecule has 2 fully saturated rings. The van der Waals surface area contributed by atoms with Crippen LogP contribution in [0.2, 0.25) is 0 Å². The van der Waals surface area contributed by atoms with Crippen LogP contribution in [0.15, 0.2) is 65.7 Å². The monoisotopic (exact) mass is 610 g/mol. The summed E-state index contributed by atoms with van der Waals surface area (Å²) >= 11 is 3.34. The Morgan fingerprint density at radius 1 is 1.12 bits per heavy atom. The summed E-state index contributed by atoms with van der Waals surface area (Å²) in [5, 5.41) is 4.46. The fourth-order valence-corrected chi connectivity index (χ4v) is 6.73. The van der Waals surface area contributed by atoms with E-state index in [4.69, 9.17) is 5.73 Å². The maximum Gasteiger partial charge on any atom is 0.248 e. The van der Waals surface area contributed by atoms with Gasteiger partial charge in [0.15, 0.2) is 0 Å². The molecule has 2 aliphatic rings. The highest BCUT2D eigenvalue weighted by Crippen LogP contribution is 2.59. The van der Waals surface area contributed by atoms with Crippen LogP contribution in [-0.4, -0.2) is 53.3 Å². The van der Waals surface area contributed by atoms with Crippen LogP contribution in [0.1, 0.15) is 25.3 Å². The van der Waals surface area contributed by atoms with E-state index in [1.165, 1.54) is 6.33 Å². The summed E-state index contributed by atoms with van der Waals surface area (Å²) in [6, 6.07) is 14.6. The van der Waals surface area contributed by atoms with Gasteiger partial charge in [-0.1, -0.05) is 19.1 Å². The number of carbonyl (C=O) groups is 2. The molecular weight excluding hydrogens is 584 g/mol. The minimum Gasteiger partial charge on any atom is -0.383 e. The number of rotatable bonds is 5. The maximum absolute atomic E-state index is 14.1. The van der Waals surface area contributed by atoms with Crippen molar-refractivity contribution in [1.82, 2.24) is 29.4 Å². The molecule has 4 aromatic heterocycles. The number of carbonyl (C=O) groups excluding carboxylic acids is 2. The Kier molecular flexibility index (Phi) is 5.82. The molecule has 5 heterocycles. The Balaban J connectivity index is 1.27. The Labute approximate surface area is 244 Å². The molecule has 2 amide bonds. The van der Waals surface area contributed by atoms with Gasteiger partial charge < -0.3 is 20.5 Å². The molecule has 1 aromatic carbocycles. The molecule has 0 spiro atoms. The second-order valence-electron chi connectivity index (χ2n) is 11.2. The minimum absolute atomic E-state index is 0.0193. The zero-order chi connectivity index (χ0) is 28.5. The number of nitrogens with one attached hydrogen (secondary N) is 1. The highest BCUT2D eigenvalue weighted by atomic mass is 79.9. The number of pyridine rings is 2. The molecule has 11 heteroatoms. The van der Waals surface area contributed by atoms with Crippen molar-refractivity contribution in [2.24, 2.45) is 5.41 Å². The van der Waals surface area contributed by atoms with Crippen molar-refractivity contribution in [2.45, 2.75) is 45.3 Å². The molecule has 1 saturated carbocycles. The number of aryl methyl sites for hydroxylation is 1. The SMILES string of the molecule is Cc1cc(-c2ccccn2)cc2c3c(N)ncnc3n(CC(=O)N3[C@H](C(=O)Nc4cccc(Br)n4)C[C@@]4(C)C[C@@H]34)c12. The maximum atomic E-state index is 14.1. The molecule has 3 N–H and O–H groups in total. The molecule has 41 heavy (non-hydrogen) atoms. The zero-order valence-electron chi connectivity index (χ0n) is 22.5. The summed E-state index contributed by atoms with van der Waals surface area (Å²) in [5.41, 5.74) is 10.5. The fraction of sp³-hybridized carbons (Fsp3) is 0.267. The Bertz CT molecular complexity index is 1870. The number of hydrogen-bond donors (Lipinski definition) is 2. The largest absolute Gasteiger partial charge is 0.383 e. The van der Waals surface area contributed by atoms with Crippen LogP contribution in [0.4, 0.5) is 11.6 Å². The van der Waals surface area contributed by atoms with Gasteiger partial charge >= 0.3 is 0 Å². The van der Waals surface area contributed by atoms with E-state index in [1.807, 2.05) is 35.8 Å². The Morgan fingerprint density at radius 3 is 2.76 bits per heavy atom. The number of benzene rings is 1. The van der Waals surface area contributed by atoms with Crippen LogP contribution in [-0.2, 0) is 16.1 Å². The molecule has 206 valence electrons. The molecule has 5 aromatic rings. The van der Waals surface area contributed by atoms with Crippen molar-refractivity contribution in [2.75, 3.05) is 11.1 Å².